The van der Waals surface area contributed by atoms with E-state index in [9.17, 15) is 9.59 Å². The van der Waals surface area contributed by atoms with Crippen molar-refractivity contribution in [3.05, 3.63) is 18.7 Å². The molecule has 0 saturated heterocycles. The fraction of sp³-hybridized carbons (Fsp3) is 0.583. The molecule has 6 heteroatoms. The van der Waals surface area contributed by atoms with Crippen LogP contribution in [-0.2, 0) is 20.9 Å². The number of methoxy groups -OCH3 is 1. The molecule has 0 saturated carbocycles. The Bertz CT molecular complexity index is 387. The van der Waals surface area contributed by atoms with Crippen molar-refractivity contribution in [1.82, 2.24) is 14.5 Å². The van der Waals surface area contributed by atoms with E-state index in [2.05, 4.69) is 9.72 Å². The number of amides is 1. The van der Waals surface area contributed by atoms with Gasteiger partial charge in [-0.3, -0.25) is 9.59 Å². The molecule has 1 aromatic rings. The van der Waals surface area contributed by atoms with Gasteiger partial charge in [0.2, 0.25) is 5.91 Å². The molecule has 0 aliphatic carbocycles. The number of aromatic nitrogens is 2. The highest BCUT2D eigenvalue weighted by Gasteiger charge is 2.20. The predicted molar refractivity (Wildman–Crippen MR) is 65.7 cm³/mol. The van der Waals surface area contributed by atoms with Crippen LogP contribution in [0, 0.1) is 0 Å². The van der Waals surface area contributed by atoms with Crippen molar-refractivity contribution in [2.45, 2.75) is 32.9 Å². The van der Waals surface area contributed by atoms with Crippen molar-refractivity contribution in [2.75, 3.05) is 13.7 Å². The van der Waals surface area contributed by atoms with E-state index in [1.54, 1.807) is 18.7 Å². The number of esters is 1. The number of nitrogens with zero attached hydrogens (tertiary/aromatic N) is 3. The highest BCUT2D eigenvalue weighted by molar-refractivity contribution is 5.82. The Morgan fingerprint density at radius 2 is 2.17 bits per heavy atom. The van der Waals surface area contributed by atoms with Crippen LogP contribution in [0.4, 0.5) is 0 Å². The molecule has 0 unspecified atom stereocenters. The Morgan fingerprint density at radius 3 is 2.67 bits per heavy atom. The third-order valence-corrected chi connectivity index (χ3v) is 2.61. The quantitative estimate of drug-likeness (QED) is 0.699. The maximum atomic E-state index is 12.0. The first-order chi connectivity index (χ1) is 8.54. The lowest BCUT2D eigenvalue weighted by Gasteiger charge is -2.25. The van der Waals surface area contributed by atoms with E-state index in [1.807, 2.05) is 18.4 Å². The van der Waals surface area contributed by atoms with Crippen LogP contribution < -0.4 is 0 Å². The number of carbonyl (C=O) groups is 2. The highest BCUT2D eigenvalue weighted by Crippen LogP contribution is 2.03. The molecule has 0 atom stereocenters. The lowest BCUT2D eigenvalue weighted by molar-refractivity contribution is -0.148. The molecule has 1 aromatic heterocycles. The van der Waals surface area contributed by atoms with E-state index < -0.39 is 5.97 Å². The largest absolute Gasteiger partial charge is 0.468 e. The Kier molecular flexibility index (Phi) is 5.35. The summed E-state index contributed by atoms with van der Waals surface area (Å²) in [5.41, 5.74) is 0. The van der Waals surface area contributed by atoms with Crippen LogP contribution in [-0.4, -0.2) is 46.0 Å². The maximum absolute atomic E-state index is 12.0. The van der Waals surface area contributed by atoms with Crippen molar-refractivity contribution in [3.8, 4) is 0 Å². The van der Waals surface area contributed by atoms with Crippen molar-refractivity contribution < 1.29 is 14.3 Å². The van der Waals surface area contributed by atoms with E-state index in [-0.39, 0.29) is 18.5 Å². The van der Waals surface area contributed by atoms with Gasteiger partial charge in [0.05, 0.1) is 13.4 Å². The summed E-state index contributed by atoms with van der Waals surface area (Å²) in [5, 5.41) is 0. The summed E-state index contributed by atoms with van der Waals surface area (Å²) in [6, 6.07) is -0.0283. The molecule has 0 aromatic carbocycles. The zero-order chi connectivity index (χ0) is 13.5. The standard InChI is InChI=1S/C12H19N3O3/c1-10(2)15(8-12(17)18-3)11(16)4-6-14-7-5-13-9-14/h5,7,9-10H,4,6,8H2,1-3H3. The van der Waals surface area contributed by atoms with Gasteiger partial charge in [0, 0.05) is 31.4 Å². The van der Waals surface area contributed by atoms with Crippen LogP contribution in [0.15, 0.2) is 18.7 Å². The molecular weight excluding hydrogens is 234 g/mol. The van der Waals surface area contributed by atoms with Crippen molar-refractivity contribution in [3.63, 3.8) is 0 Å². The number of hydrogen-bond donors (Lipinski definition) is 0. The van der Waals surface area contributed by atoms with Gasteiger partial charge in [0.15, 0.2) is 0 Å². The molecule has 0 fully saturated rings. The normalized spacial score (nSPS) is 10.4. The van der Waals surface area contributed by atoms with Crippen molar-refractivity contribution >= 4 is 11.9 Å². The molecule has 1 amide bonds. The summed E-state index contributed by atoms with van der Waals surface area (Å²) in [7, 11) is 1.32. The fourth-order valence-corrected chi connectivity index (χ4v) is 1.55. The topological polar surface area (TPSA) is 64.4 Å². The van der Waals surface area contributed by atoms with Crippen LogP contribution in [0.2, 0.25) is 0 Å². The molecule has 0 spiro atoms. The van der Waals surface area contributed by atoms with E-state index in [1.165, 1.54) is 12.0 Å². The lowest BCUT2D eigenvalue weighted by atomic mass is 10.2. The Hall–Kier alpha value is -1.85. The molecule has 0 aliphatic heterocycles. The van der Waals surface area contributed by atoms with Gasteiger partial charge < -0.3 is 14.2 Å². The Labute approximate surface area is 107 Å². The van der Waals surface area contributed by atoms with E-state index in [4.69, 9.17) is 0 Å². The average molecular weight is 253 g/mol. The molecule has 1 heterocycles. The predicted octanol–water partition coefficient (Wildman–Crippen LogP) is 0.683. The van der Waals surface area contributed by atoms with Gasteiger partial charge in [-0.25, -0.2) is 4.98 Å². The second-order valence-electron chi connectivity index (χ2n) is 4.24. The monoisotopic (exact) mass is 253 g/mol. The van der Waals surface area contributed by atoms with Gasteiger partial charge >= 0.3 is 5.97 Å². The Morgan fingerprint density at radius 1 is 1.44 bits per heavy atom. The van der Waals surface area contributed by atoms with Gasteiger partial charge in [-0.2, -0.15) is 0 Å². The number of carbonyl (C=O) groups excluding carboxylic acids is 2. The lowest BCUT2D eigenvalue weighted by Crippen LogP contribution is -2.41. The van der Waals surface area contributed by atoms with E-state index in [0.717, 1.165) is 0 Å². The number of ether oxygens (including phenoxy) is 1. The Balaban J connectivity index is 2.51. The molecular formula is C12H19N3O3. The molecule has 0 bridgehead atoms. The van der Waals surface area contributed by atoms with Gasteiger partial charge in [-0.05, 0) is 13.8 Å². The molecule has 0 N–H and O–H groups in total. The highest BCUT2D eigenvalue weighted by atomic mass is 16.5. The number of imidazole rings is 1. The van der Waals surface area contributed by atoms with Gasteiger partial charge in [0.25, 0.3) is 0 Å². The van der Waals surface area contributed by atoms with Gasteiger partial charge in [0.1, 0.15) is 6.54 Å². The second kappa shape index (κ2) is 6.78. The molecule has 100 valence electrons. The second-order valence-corrected chi connectivity index (χ2v) is 4.24. The first-order valence-electron chi connectivity index (χ1n) is 5.86. The third-order valence-electron chi connectivity index (χ3n) is 2.61. The number of hydrogen-bond acceptors (Lipinski definition) is 4. The number of aryl methyl sites for hydroxylation is 1. The molecule has 0 aliphatic rings. The summed E-state index contributed by atoms with van der Waals surface area (Å²) < 4.78 is 6.41. The first-order valence-corrected chi connectivity index (χ1v) is 5.86. The van der Waals surface area contributed by atoms with Gasteiger partial charge in [-0.15, -0.1) is 0 Å². The zero-order valence-electron chi connectivity index (χ0n) is 11.0. The summed E-state index contributed by atoms with van der Waals surface area (Å²) in [4.78, 5) is 28.7. The molecule has 0 radical (unpaired) electrons. The number of rotatable bonds is 6. The van der Waals surface area contributed by atoms with Gasteiger partial charge in [-0.1, -0.05) is 0 Å². The fourth-order valence-electron chi connectivity index (χ4n) is 1.55. The van der Waals surface area contributed by atoms with Crippen LogP contribution in [0.1, 0.15) is 20.3 Å². The summed E-state index contributed by atoms with van der Waals surface area (Å²) in [6.45, 7) is 4.30. The van der Waals surface area contributed by atoms with Crippen molar-refractivity contribution in [2.24, 2.45) is 0 Å². The summed E-state index contributed by atoms with van der Waals surface area (Å²) >= 11 is 0. The van der Waals surface area contributed by atoms with Crippen LogP contribution >= 0.6 is 0 Å². The van der Waals surface area contributed by atoms with E-state index in [0.29, 0.717) is 13.0 Å². The van der Waals surface area contributed by atoms with Crippen LogP contribution in [0.5, 0.6) is 0 Å². The maximum Gasteiger partial charge on any atom is 0.325 e. The minimum Gasteiger partial charge on any atom is -0.468 e. The molecule has 1 rings (SSSR count). The zero-order valence-corrected chi connectivity index (χ0v) is 11.0. The smallest absolute Gasteiger partial charge is 0.325 e. The van der Waals surface area contributed by atoms with Crippen LogP contribution in [0.3, 0.4) is 0 Å². The summed E-state index contributed by atoms with van der Waals surface area (Å²) in [5.74, 6) is -0.469. The average Bonchev–Trinajstić information content (AvgIpc) is 2.85. The molecule has 18 heavy (non-hydrogen) atoms. The first kappa shape index (κ1) is 14.2. The van der Waals surface area contributed by atoms with E-state index >= 15 is 0 Å². The minimum atomic E-state index is -0.403. The molecule has 6 nitrogen and oxygen atoms in total. The third kappa shape index (κ3) is 4.20. The van der Waals surface area contributed by atoms with Crippen LogP contribution in [0.25, 0.3) is 0 Å². The van der Waals surface area contributed by atoms with Crippen molar-refractivity contribution in [1.29, 1.82) is 0 Å². The summed E-state index contributed by atoms with van der Waals surface area (Å²) in [6.07, 6.45) is 5.46. The minimum absolute atomic E-state index is 0.00305. The SMILES string of the molecule is COC(=O)CN(C(=O)CCn1ccnc1)C(C)C.